The van der Waals surface area contributed by atoms with E-state index in [0.717, 1.165) is 10.6 Å². The maximum atomic E-state index is 13.6. The average Bonchev–Trinajstić information content (AvgIpc) is 2.77. The molecule has 0 bridgehead atoms. The normalized spacial score (nSPS) is 12.2. The number of carbonyl (C=O) groups is 2. The fourth-order valence-electron chi connectivity index (χ4n) is 3.36. The summed E-state index contributed by atoms with van der Waals surface area (Å²) in [5.41, 5.74) is 0.872. The van der Waals surface area contributed by atoms with Crippen molar-refractivity contribution in [1.29, 1.82) is 0 Å². The third-order valence-corrected chi connectivity index (χ3v) is 6.91. The molecule has 0 aliphatic rings. The lowest BCUT2D eigenvalue weighted by Crippen LogP contribution is -2.52. The van der Waals surface area contributed by atoms with Crippen LogP contribution < -0.4 is 14.4 Å². The topological polar surface area (TPSA) is 96.0 Å². The lowest BCUT2D eigenvalue weighted by atomic mass is 10.1. The number of sulfonamides is 1. The molecule has 0 saturated heterocycles. The largest absolute Gasteiger partial charge is 0.492 e. The summed E-state index contributed by atoms with van der Waals surface area (Å²) in [6.07, 6.45) is 1.02. The van der Waals surface area contributed by atoms with E-state index in [1.807, 2.05) is 13.8 Å². The second-order valence-electron chi connectivity index (χ2n) is 8.28. The Hall–Kier alpha value is -2.49. The lowest BCUT2D eigenvalue weighted by Gasteiger charge is -2.32. The van der Waals surface area contributed by atoms with E-state index in [1.54, 1.807) is 56.3 Å². The van der Waals surface area contributed by atoms with Crippen LogP contribution in [0.1, 0.15) is 33.3 Å². The summed E-state index contributed by atoms with van der Waals surface area (Å²) in [5, 5.41) is 3.45. The van der Waals surface area contributed by atoms with Gasteiger partial charge in [0, 0.05) is 12.6 Å². The summed E-state index contributed by atoms with van der Waals surface area (Å²) < 4.78 is 32.0. The fourth-order valence-corrected chi connectivity index (χ4v) is 4.53. The summed E-state index contributed by atoms with van der Waals surface area (Å²) in [6, 6.07) is 10.4. The molecular formula is C24H31Cl2N3O5S. The van der Waals surface area contributed by atoms with Gasteiger partial charge >= 0.3 is 0 Å². The van der Waals surface area contributed by atoms with Crippen LogP contribution >= 0.6 is 23.2 Å². The van der Waals surface area contributed by atoms with Crippen molar-refractivity contribution in [3.05, 3.63) is 58.1 Å². The first kappa shape index (κ1) is 28.7. The zero-order chi connectivity index (χ0) is 26.3. The zero-order valence-electron chi connectivity index (χ0n) is 20.4. The van der Waals surface area contributed by atoms with Crippen molar-refractivity contribution in [2.24, 2.45) is 0 Å². The summed E-state index contributed by atoms with van der Waals surface area (Å²) in [6.45, 7) is 6.81. The number of para-hydroxylation sites is 2. The molecule has 1 N–H and O–H groups in total. The number of hydrogen-bond acceptors (Lipinski definition) is 5. The van der Waals surface area contributed by atoms with Crippen LogP contribution in [0.25, 0.3) is 0 Å². The van der Waals surface area contributed by atoms with Gasteiger partial charge in [0.15, 0.2) is 0 Å². The minimum absolute atomic E-state index is 0.0209. The Kier molecular flexibility index (Phi) is 10.2. The van der Waals surface area contributed by atoms with Gasteiger partial charge in [0.05, 0.1) is 28.6 Å². The molecule has 0 saturated carbocycles. The van der Waals surface area contributed by atoms with E-state index < -0.39 is 28.5 Å². The van der Waals surface area contributed by atoms with Crippen LogP contribution in [-0.2, 0) is 26.2 Å². The van der Waals surface area contributed by atoms with E-state index in [-0.39, 0.29) is 24.2 Å². The van der Waals surface area contributed by atoms with Crippen LogP contribution in [-0.4, -0.2) is 56.6 Å². The molecule has 0 spiro atoms. The molecule has 35 heavy (non-hydrogen) atoms. The Labute approximate surface area is 217 Å². The standard InChI is InChI=1S/C24H31Cl2N3O5S/c1-6-34-22-10-8-7-9-21(22)29(35(5,32)33)15-23(30)28(17(4)24(31)27-16(2)3)14-18-11-12-19(25)20(26)13-18/h7-13,16-17H,6,14-15H2,1-5H3,(H,27,31)/t17-/m0/s1. The van der Waals surface area contributed by atoms with Gasteiger partial charge in [-0.3, -0.25) is 13.9 Å². The second-order valence-corrected chi connectivity index (χ2v) is 11.0. The maximum Gasteiger partial charge on any atom is 0.244 e. The van der Waals surface area contributed by atoms with Crippen molar-refractivity contribution in [3.8, 4) is 5.75 Å². The summed E-state index contributed by atoms with van der Waals surface area (Å²) in [5.74, 6) is -0.608. The van der Waals surface area contributed by atoms with Gasteiger partial charge in [0.1, 0.15) is 18.3 Å². The number of nitrogens with one attached hydrogen (secondary N) is 1. The molecule has 2 aromatic carbocycles. The van der Waals surface area contributed by atoms with E-state index in [4.69, 9.17) is 27.9 Å². The number of benzene rings is 2. The quantitative estimate of drug-likeness (QED) is 0.460. The summed E-state index contributed by atoms with van der Waals surface area (Å²) in [4.78, 5) is 27.7. The van der Waals surface area contributed by atoms with Crippen LogP contribution in [0, 0.1) is 0 Å². The molecular weight excluding hydrogens is 513 g/mol. The Bertz CT molecular complexity index is 1160. The predicted octanol–water partition coefficient (Wildman–Crippen LogP) is 4.10. The molecule has 8 nitrogen and oxygen atoms in total. The van der Waals surface area contributed by atoms with Gasteiger partial charge in [-0.1, -0.05) is 41.4 Å². The van der Waals surface area contributed by atoms with Gasteiger partial charge < -0.3 is 15.0 Å². The fraction of sp³-hybridized carbons (Fsp3) is 0.417. The van der Waals surface area contributed by atoms with Gasteiger partial charge in [-0.05, 0) is 57.5 Å². The highest BCUT2D eigenvalue weighted by atomic mass is 35.5. The van der Waals surface area contributed by atoms with Crippen molar-refractivity contribution >= 4 is 50.7 Å². The van der Waals surface area contributed by atoms with Crippen molar-refractivity contribution in [2.45, 2.75) is 46.3 Å². The summed E-state index contributed by atoms with van der Waals surface area (Å²) in [7, 11) is -3.87. The lowest BCUT2D eigenvalue weighted by molar-refractivity contribution is -0.139. The predicted molar refractivity (Wildman–Crippen MR) is 140 cm³/mol. The summed E-state index contributed by atoms with van der Waals surface area (Å²) >= 11 is 12.2. The number of anilines is 1. The van der Waals surface area contributed by atoms with Gasteiger partial charge in [0.2, 0.25) is 21.8 Å². The van der Waals surface area contributed by atoms with Gasteiger partial charge in [-0.25, -0.2) is 8.42 Å². The third kappa shape index (κ3) is 8.02. The van der Waals surface area contributed by atoms with E-state index in [0.29, 0.717) is 28.0 Å². The van der Waals surface area contributed by atoms with E-state index in [1.165, 1.54) is 4.90 Å². The highest BCUT2D eigenvalue weighted by molar-refractivity contribution is 7.92. The Morgan fingerprint density at radius 3 is 2.29 bits per heavy atom. The third-order valence-electron chi connectivity index (χ3n) is 5.05. The first-order valence-electron chi connectivity index (χ1n) is 11.1. The smallest absolute Gasteiger partial charge is 0.244 e. The van der Waals surface area contributed by atoms with Gasteiger partial charge in [-0.2, -0.15) is 0 Å². The SMILES string of the molecule is CCOc1ccccc1N(CC(=O)N(Cc1ccc(Cl)c(Cl)c1)[C@@H](C)C(=O)NC(C)C)S(C)(=O)=O. The van der Waals surface area contributed by atoms with Crippen LogP contribution in [0.5, 0.6) is 5.75 Å². The van der Waals surface area contributed by atoms with Crippen LogP contribution in [0.3, 0.4) is 0 Å². The molecule has 0 aliphatic heterocycles. The molecule has 11 heteroatoms. The molecule has 0 fully saturated rings. The second kappa shape index (κ2) is 12.5. The van der Waals surface area contributed by atoms with Gasteiger partial charge in [0.25, 0.3) is 0 Å². The molecule has 1 atom stereocenters. The molecule has 192 valence electrons. The Balaban J connectivity index is 2.46. The van der Waals surface area contributed by atoms with Crippen LogP contribution in [0.2, 0.25) is 10.0 Å². The molecule has 2 aromatic rings. The molecule has 2 amide bonds. The first-order chi connectivity index (χ1) is 16.3. The van der Waals surface area contributed by atoms with Gasteiger partial charge in [-0.15, -0.1) is 0 Å². The number of nitrogens with zero attached hydrogens (tertiary/aromatic N) is 2. The number of halogens is 2. The van der Waals surface area contributed by atoms with Crippen molar-refractivity contribution in [2.75, 3.05) is 23.7 Å². The molecule has 0 heterocycles. The van der Waals surface area contributed by atoms with Crippen molar-refractivity contribution < 1.29 is 22.7 Å². The number of rotatable bonds is 11. The monoisotopic (exact) mass is 543 g/mol. The highest BCUT2D eigenvalue weighted by Crippen LogP contribution is 2.30. The molecule has 0 unspecified atom stereocenters. The van der Waals surface area contributed by atoms with E-state index >= 15 is 0 Å². The van der Waals surface area contributed by atoms with Crippen molar-refractivity contribution in [3.63, 3.8) is 0 Å². The maximum absolute atomic E-state index is 13.6. The highest BCUT2D eigenvalue weighted by Gasteiger charge is 2.31. The van der Waals surface area contributed by atoms with E-state index in [9.17, 15) is 18.0 Å². The van der Waals surface area contributed by atoms with E-state index in [2.05, 4.69) is 5.32 Å². The molecule has 0 aliphatic carbocycles. The zero-order valence-corrected chi connectivity index (χ0v) is 22.7. The molecule has 0 radical (unpaired) electrons. The minimum atomic E-state index is -3.87. The number of amides is 2. The average molecular weight is 545 g/mol. The minimum Gasteiger partial charge on any atom is -0.492 e. The van der Waals surface area contributed by atoms with Crippen LogP contribution in [0.4, 0.5) is 5.69 Å². The number of ether oxygens (including phenoxy) is 1. The van der Waals surface area contributed by atoms with Crippen LogP contribution in [0.15, 0.2) is 42.5 Å². The Morgan fingerprint density at radius 1 is 1.06 bits per heavy atom. The molecule has 2 rings (SSSR count). The molecule has 0 aromatic heterocycles. The first-order valence-corrected chi connectivity index (χ1v) is 13.7. The Morgan fingerprint density at radius 2 is 1.71 bits per heavy atom. The van der Waals surface area contributed by atoms with Crippen molar-refractivity contribution in [1.82, 2.24) is 10.2 Å². The number of hydrogen-bond donors (Lipinski definition) is 1. The number of carbonyl (C=O) groups excluding carboxylic acids is 2.